The molecular weight excluding hydrogens is 290 g/mol. The Morgan fingerprint density at radius 1 is 1.09 bits per heavy atom. The van der Waals surface area contributed by atoms with Crippen LogP contribution in [0.25, 0.3) is 0 Å². The number of fused-ring (bicyclic) bond motifs is 1. The number of hydrogen-bond donors (Lipinski definition) is 0. The van der Waals surface area contributed by atoms with Crippen molar-refractivity contribution < 1.29 is 9.53 Å². The first kappa shape index (κ1) is 14.2. The third kappa shape index (κ3) is 2.68. The molecular formula is C18H19N3O2. The Bertz CT molecular complexity index is 726. The lowest BCUT2D eigenvalue weighted by atomic mass is 10.1. The molecule has 118 valence electrons. The summed E-state index contributed by atoms with van der Waals surface area (Å²) in [6.45, 7) is 3.85. The van der Waals surface area contributed by atoms with Crippen LogP contribution in [0, 0.1) is 0 Å². The fraction of sp³-hybridized carbons (Fsp3) is 0.333. The molecule has 4 rings (SSSR count). The number of carbonyl (C=O) groups excluding carboxylic acids is 1. The summed E-state index contributed by atoms with van der Waals surface area (Å²) in [6.07, 6.45) is 4.39. The molecule has 1 saturated heterocycles. The van der Waals surface area contributed by atoms with Gasteiger partial charge in [0, 0.05) is 31.5 Å². The first-order valence-electron chi connectivity index (χ1n) is 8.00. The minimum absolute atomic E-state index is 0.0255. The van der Waals surface area contributed by atoms with E-state index < -0.39 is 0 Å². The van der Waals surface area contributed by atoms with E-state index in [0.29, 0.717) is 5.56 Å². The van der Waals surface area contributed by atoms with E-state index in [4.69, 9.17) is 4.74 Å². The van der Waals surface area contributed by atoms with Crippen LogP contribution in [0.15, 0.2) is 42.7 Å². The smallest absolute Gasteiger partial charge is 0.259 e. The second-order valence-electron chi connectivity index (χ2n) is 5.87. The number of anilines is 2. The fourth-order valence-corrected chi connectivity index (χ4v) is 3.24. The molecule has 0 spiro atoms. The van der Waals surface area contributed by atoms with Gasteiger partial charge in [0.25, 0.3) is 5.91 Å². The highest BCUT2D eigenvalue weighted by molar-refractivity contribution is 6.07. The lowest BCUT2D eigenvalue weighted by Crippen LogP contribution is -2.36. The SMILES string of the molecule is O=C(c1cncc(N2CCOCC2)c1)N1CCc2ccccc21. The number of ether oxygens (including phenoxy) is 1. The van der Waals surface area contributed by atoms with Crippen LogP contribution in [0.1, 0.15) is 15.9 Å². The number of nitrogens with zero attached hydrogens (tertiary/aromatic N) is 3. The van der Waals surface area contributed by atoms with Crippen LogP contribution in [0.3, 0.4) is 0 Å². The molecule has 2 aliphatic heterocycles. The van der Waals surface area contributed by atoms with Crippen molar-refractivity contribution in [1.29, 1.82) is 0 Å². The van der Waals surface area contributed by atoms with E-state index in [9.17, 15) is 4.79 Å². The molecule has 5 nitrogen and oxygen atoms in total. The van der Waals surface area contributed by atoms with Gasteiger partial charge < -0.3 is 14.5 Å². The number of rotatable bonds is 2. The summed E-state index contributed by atoms with van der Waals surface area (Å²) in [5.41, 5.74) is 3.89. The van der Waals surface area contributed by atoms with E-state index in [1.54, 1.807) is 6.20 Å². The lowest BCUT2D eigenvalue weighted by Gasteiger charge is -2.29. The van der Waals surface area contributed by atoms with Gasteiger partial charge in [0.1, 0.15) is 0 Å². The molecule has 0 atom stereocenters. The number of benzene rings is 1. The molecule has 0 unspecified atom stereocenters. The van der Waals surface area contributed by atoms with E-state index in [0.717, 1.165) is 50.6 Å². The van der Waals surface area contributed by atoms with Crippen molar-refractivity contribution in [3.05, 3.63) is 53.9 Å². The fourth-order valence-electron chi connectivity index (χ4n) is 3.24. The molecule has 0 saturated carbocycles. The zero-order valence-electron chi connectivity index (χ0n) is 12.9. The maximum absolute atomic E-state index is 12.9. The van der Waals surface area contributed by atoms with Crippen molar-refractivity contribution >= 4 is 17.3 Å². The zero-order chi connectivity index (χ0) is 15.6. The van der Waals surface area contributed by atoms with Gasteiger partial charge in [-0.25, -0.2) is 0 Å². The average molecular weight is 309 g/mol. The monoisotopic (exact) mass is 309 g/mol. The standard InChI is InChI=1S/C18H19N3O2/c22-18(21-6-5-14-3-1-2-4-17(14)21)15-11-16(13-19-12-15)20-7-9-23-10-8-20/h1-4,11-13H,5-10H2. The van der Waals surface area contributed by atoms with Gasteiger partial charge >= 0.3 is 0 Å². The first-order chi connectivity index (χ1) is 11.3. The summed E-state index contributed by atoms with van der Waals surface area (Å²) < 4.78 is 5.38. The van der Waals surface area contributed by atoms with Crippen molar-refractivity contribution in [2.45, 2.75) is 6.42 Å². The van der Waals surface area contributed by atoms with Gasteiger partial charge in [-0.3, -0.25) is 9.78 Å². The van der Waals surface area contributed by atoms with E-state index in [1.807, 2.05) is 35.4 Å². The number of aromatic nitrogens is 1. The summed E-state index contributed by atoms with van der Waals surface area (Å²) in [5.74, 6) is 0.0255. The lowest BCUT2D eigenvalue weighted by molar-refractivity contribution is 0.0989. The molecule has 0 bridgehead atoms. The molecule has 1 amide bonds. The highest BCUT2D eigenvalue weighted by atomic mass is 16.5. The molecule has 2 aliphatic rings. The molecule has 3 heterocycles. The first-order valence-corrected chi connectivity index (χ1v) is 8.00. The predicted molar refractivity (Wildman–Crippen MR) is 89.1 cm³/mol. The van der Waals surface area contributed by atoms with Crippen LogP contribution in [-0.2, 0) is 11.2 Å². The molecule has 1 aromatic carbocycles. The number of hydrogen-bond acceptors (Lipinski definition) is 4. The number of amides is 1. The summed E-state index contributed by atoms with van der Waals surface area (Å²) >= 11 is 0. The second-order valence-corrected chi connectivity index (χ2v) is 5.87. The molecule has 1 fully saturated rings. The predicted octanol–water partition coefficient (Wildman–Crippen LogP) is 2.12. The van der Waals surface area contributed by atoms with Gasteiger partial charge in [0.15, 0.2) is 0 Å². The number of carbonyl (C=O) groups is 1. The van der Waals surface area contributed by atoms with E-state index in [1.165, 1.54) is 5.56 Å². The van der Waals surface area contributed by atoms with E-state index in [-0.39, 0.29) is 5.91 Å². The Balaban J connectivity index is 1.60. The highest BCUT2D eigenvalue weighted by Crippen LogP contribution is 2.29. The quantitative estimate of drug-likeness (QED) is 0.852. The number of para-hydroxylation sites is 1. The molecule has 0 radical (unpaired) electrons. The third-order valence-corrected chi connectivity index (χ3v) is 4.48. The average Bonchev–Trinajstić information content (AvgIpc) is 3.06. The Morgan fingerprint density at radius 2 is 1.91 bits per heavy atom. The van der Waals surface area contributed by atoms with Gasteiger partial charge in [-0.2, -0.15) is 0 Å². The second kappa shape index (κ2) is 6.01. The largest absolute Gasteiger partial charge is 0.378 e. The van der Waals surface area contributed by atoms with E-state index >= 15 is 0 Å². The van der Waals surface area contributed by atoms with Crippen molar-refractivity contribution in [1.82, 2.24) is 4.98 Å². The molecule has 0 N–H and O–H groups in total. The maximum Gasteiger partial charge on any atom is 0.259 e. The molecule has 0 aliphatic carbocycles. The molecule has 23 heavy (non-hydrogen) atoms. The molecule has 5 heteroatoms. The van der Waals surface area contributed by atoms with Gasteiger partial charge in [-0.05, 0) is 24.1 Å². The van der Waals surface area contributed by atoms with Gasteiger partial charge in [-0.15, -0.1) is 0 Å². The summed E-state index contributed by atoms with van der Waals surface area (Å²) in [5, 5.41) is 0. The summed E-state index contributed by atoms with van der Waals surface area (Å²) in [7, 11) is 0. The van der Waals surface area contributed by atoms with Crippen molar-refractivity contribution in [2.24, 2.45) is 0 Å². The topological polar surface area (TPSA) is 45.7 Å². The van der Waals surface area contributed by atoms with Gasteiger partial charge in [-0.1, -0.05) is 18.2 Å². The summed E-state index contributed by atoms with van der Waals surface area (Å²) in [6, 6.07) is 10.0. The Hall–Kier alpha value is -2.40. The highest BCUT2D eigenvalue weighted by Gasteiger charge is 2.25. The van der Waals surface area contributed by atoms with Crippen molar-refractivity contribution in [3.8, 4) is 0 Å². The molecule has 1 aromatic heterocycles. The zero-order valence-corrected chi connectivity index (χ0v) is 12.9. The minimum atomic E-state index is 0.0255. The minimum Gasteiger partial charge on any atom is -0.378 e. The van der Waals surface area contributed by atoms with Gasteiger partial charge in [0.2, 0.25) is 0 Å². The van der Waals surface area contributed by atoms with E-state index in [2.05, 4.69) is 16.0 Å². The maximum atomic E-state index is 12.9. The Morgan fingerprint density at radius 3 is 2.78 bits per heavy atom. The third-order valence-electron chi connectivity index (χ3n) is 4.48. The van der Waals surface area contributed by atoms with Crippen LogP contribution in [0.4, 0.5) is 11.4 Å². The van der Waals surface area contributed by atoms with Crippen LogP contribution in [0.5, 0.6) is 0 Å². The van der Waals surface area contributed by atoms with Gasteiger partial charge in [0.05, 0.1) is 30.7 Å². The summed E-state index contributed by atoms with van der Waals surface area (Å²) in [4.78, 5) is 21.2. The molecule has 2 aromatic rings. The van der Waals surface area contributed by atoms with Crippen LogP contribution in [-0.4, -0.2) is 43.7 Å². The van der Waals surface area contributed by atoms with Crippen LogP contribution < -0.4 is 9.80 Å². The Labute approximate surface area is 135 Å². The number of pyridine rings is 1. The normalized spacial score (nSPS) is 17.2. The Kier molecular flexibility index (Phi) is 3.71. The van der Waals surface area contributed by atoms with Crippen LogP contribution in [0.2, 0.25) is 0 Å². The number of morpholine rings is 1. The van der Waals surface area contributed by atoms with Crippen molar-refractivity contribution in [3.63, 3.8) is 0 Å². The van der Waals surface area contributed by atoms with Crippen molar-refractivity contribution in [2.75, 3.05) is 42.6 Å². The van der Waals surface area contributed by atoms with Crippen LogP contribution >= 0.6 is 0 Å².